The van der Waals surface area contributed by atoms with Crippen molar-refractivity contribution in [2.45, 2.75) is 30.2 Å². The molecule has 30 heavy (non-hydrogen) atoms. The fourth-order valence-corrected chi connectivity index (χ4v) is 5.59. The van der Waals surface area contributed by atoms with Crippen molar-refractivity contribution < 1.29 is 34.2 Å². The molecule has 0 amide bonds. The average Bonchev–Trinajstić information content (AvgIpc) is 3.04. The van der Waals surface area contributed by atoms with Crippen LogP contribution in [-0.2, 0) is 26.6 Å². The predicted octanol–water partition coefficient (Wildman–Crippen LogP) is 4.82. The lowest BCUT2D eigenvalue weighted by Gasteiger charge is -2.13. The summed E-state index contributed by atoms with van der Waals surface area (Å²) < 4.78 is 92.4. The zero-order valence-electron chi connectivity index (χ0n) is 15.3. The van der Waals surface area contributed by atoms with Gasteiger partial charge in [0.1, 0.15) is 0 Å². The van der Waals surface area contributed by atoms with Crippen LogP contribution in [0.4, 0.5) is 13.2 Å². The van der Waals surface area contributed by atoms with E-state index in [1.807, 2.05) is 6.92 Å². The first kappa shape index (κ1) is 22.6. The van der Waals surface area contributed by atoms with E-state index >= 15 is 0 Å². The molecular weight excluding hydrogens is 511 g/mol. The minimum absolute atomic E-state index is 0.0379. The second-order valence-electron chi connectivity index (χ2n) is 6.26. The van der Waals surface area contributed by atoms with Crippen molar-refractivity contribution in [1.29, 1.82) is 0 Å². The Bertz CT molecular complexity index is 1300. The van der Waals surface area contributed by atoms with E-state index in [9.17, 15) is 30.0 Å². The molecule has 0 aliphatic heterocycles. The molecule has 0 spiro atoms. The molecule has 12 heteroatoms. The van der Waals surface area contributed by atoms with Gasteiger partial charge >= 0.3 is 15.6 Å². The van der Waals surface area contributed by atoms with Crippen molar-refractivity contribution in [1.82, 2.24) is 3.97 Å². The van der Waals surface area contributed by atoms with Crippen molar-refractivity contribution in [2.75, 3.05) is 0 Å². The highest BCUT2D eigenvalue weighted by molar-refractivity contribution is 9.10. The number of nitrogens with zero attached hydrogens (tertiary/aromatic N) is 1. The van der Waals surface area contributed by atoms with Gasteiger partial charge in [0.25, 0.3) is 10.0 Å². The first-order valence-corrected chi connectivity index (χ1v) is 12.2. The zero-order chi connectivity index (χ0) is 22.3. The summed E-state index contributed by atoms with van der Waals surface area (Å²) >= 11 is 3.06. The molecule has 0 fully saturated rings. The smallest absolute Gasteiger partial charge is 0.375 e. The molecule has 0 aliphatic rings. The molecule has 162 valence electrons. The van der Waals surface area contributed by atoms with E-state index in [2.05, 4.69) is 20.1 Å². The number of halogens is 4. The van der Waals surface area contributed by atoms with E-state index in [0.717, 1.165) is 10.0 Å². The second kappa shape index (κ2) is 7.89. The third-order valence-electron chi connectivity index (χ3n) is 4.18. The number of hydrogen-bond donors (Lipinski definition) is 0. The van der Waals surface area contributed by atoms with E-state index in [4.69, 9.17) is 0 Å². The van der Waals surface area contributed by atoms with E-state index in [1.165, 1.54) is 24.3 Å². The lowest BCUT2D eigenvalue weighted by atomic mass is 10.2. The number of fused-ring (bicyclic) bond motifs is 1. The Morgan fingerprint density at radius 1 is 1.03 bits per heavy atom. The van der Waals surface area contributed by atoms with Gasteiger partial charge < -0.3 is 4.18 Å². The maximum absolute atomic E-state index is 13.2. The third-order valence-corrected chi connectivity index (χ3v) is 7.75. The summed E-state index contributed by atoms with van der Waals surface area (Å²) in [5, 5.41) is 0.202. The van der Waals surface area contributed by atoms with Crippen LogP contribution in [0.25, 0.3) is 10.9 Å². The molecule has 3 aromatic rings. The first-order chi connectivity index (χ1) is 13.9. The third kappa shape index (κ3) is 3.95. The molecule has 2 aromatic carbocycles. The van der Waals surface area contributed by atoms with Crippen molar-refractivity contribution in [3.63, 3.8) is 0 Å². The van der Waals surface area contributed by atoms with Gasteiger partial charge in [0.05, 0.1) is 14.9 Å². The normalized spacial score (nSPS) is 13.0. The quantitative estimate of drug-likeness (QED) is 0.340. The minimum Gasteiger partial charge on any atom is -0.375 e. The highest BCUT2D eigenvalue weighted by atomic mass is 79.9. The van der Waals surface area contributed by atoms with Gasteiger partial charge in [0, 0.05) is 11.1 Å². The summed E-state index contributed by atoms with van der Waals surface area (Å²) in [7, 11) is -9.89. The lowest BCUT2D eigenvalue weighted by Crippen LogP contribution is -2.28. The topological polar surface area (TPSA) is 82.4 Å². The van der Waals surface area contributed by atoms with Crippen LogP contribution < -0.4 is 4.18 Å². The summed E-state index contributed by atoms with van der Waals surface area (Å²) in [4.78, 5) is 0.0379. The largest absolute Gasteiger partial charge is 0.534 e. The van der Waals surface area contributed by atoms with Crippen LogP contribution in [0, 0.1) is 0 Å². The van der Waals surface area contributed by atoms with Gasteiger partial charge in [0.15, 0.2) is 5.75 Å². The van der Waals surface area contributed by atoms with Gasteiger partial charge in [-0.3, -0.25) is 0 Å². The predicted molar refractivity (Wildman–Crippen MR) is 108 cm³/mol. The standard InChI is InChI=1S/C18H15BrF3NO5S2/c1-2-6-12-11-14-15(23(12)29(24,25)13-7-4-3-5-8-13)9-10-16(17(14)19)28-30(26,27)18(20,21)22/h3-5,7-11H,2,6H2,1H3. The van der Waals surface area contributed by atoms with Gasteiger partial charge in [-0.2, -0.15) is 21.6 Å². The second-order valence-corrected chi connectivity index (χ2v) is 10.4. The summed E-state index contributed by atoms with van der Waals surface area (Å²) in [6.45, 7) is 1.84. The molecular formula is C18H15BrF3NO5S2. The number of benzene rings is 2. The number of aryl methyl sites for hydroxylation is 1. The first-order valence-electron chi connectivity index (χ1n) is 8.54. The number of aromatic nitrogens is 1. The van der Waals surface area contributed by atoms with Crippen LogP contribution in [-0.4, -0.2) is 26.3 Å². The molecule has 0 aliphatic carbocycles. The van der Waals surface area contributed by atoms with Gasteiger partial charge in [0.2, 0.25) is 0 Å². The molecule has 3 rings (SSSR count). The summed E-state index contributed by atoms with van der Waals surface area (Å²) in [5.74, 6) is -0.600. The summed E-state index contributed by atoms with van der Waals surface area (Å²) in [6, 6.07) is 11.3. The number of hydrogen-bond acceptors (Lipinski definition) is 5. The highest BCUT2D eigenvalue weighted by Gasteiger charge is 2.48. The number of alkyl halides is 3. The van der Waals surface area contributed by atoms with E-state index in [1.54, 1.807) is 18.2 Å². The van der Waals surface area contributed by atoms with Crippen molar-refractivity contribution in [3.8, 4) is 5.75 Å². The Morgan fingerprint density at radius 3 is 2.23 bits per heavy atom. The van der Waals surface area contributed by atoms with Crippen LogP contribution in [0.2, 0.25) is 0 Å². The molecule has 0 bridgehead atoms. The van der Waals surface area contributed by atoms with E-state index < -0.39 is 31.4 Å². The van der Waals surface area contributed by atoms with Crippen molar-refractivity contribution >= 4 is 47.0 Å². The average molecular weight is 526 g/mol. The Balaban J connectivity index is 2.24. The number of rotatable bonds is 6. The molecule has 0 atom stereocenters. The molecule has 0 N–H and O–H groups in total. The Kier molecular flexibility index (Phi) is 5.95. The van der Waals surface area contributed by atoms with Gasteiger partial charge in [-0.1, -0.05) is 31.5 Å². The van der Waals surface area contributed by atoms with Crippen LogP contribution in [0.5, 0.6) is 5.75 Å². The Hall–Kier alpha value is -2.05. The van der Waals surface area contributed by atoms with Crippen LogP contribution in [0.3, 0.4) is 0 Å². The summed E-state index contributed by atoms with van der Waals surface area (Å²) in [6.07, 6.45) is 0.967. The fourth-order valence-electron chi connectivity index (χ4n) is 2.90. The molecule has 1 heterocycles. The Morgan fingerprint density at radius 2 is 1.67 bits per heavy atom. The van der Waals surface area contributed by atoms with Crippen molar-refractivity contribution in [2.24, 2.45) is 0 Å². The van der Waals surface area contributed by atoms with Gasteiger partial charge in [-0.25, -0.2) is 12.4 Å². The maximum Gasteiger partial charge on any atom is 0.534 e. The van der Waals surface area contributed by atoms with Gasteiger partial charge in [-0.15, -0.1) is 0 Å². The lowest BCUT2D eigenvalue weighted by molar-refractivity contribution is -0.0500. The Labute approximate surface area is 179 Å². The molecule has 0 saturated heterocycles. The van der Waals surface area contributed by atoms with Crippen LogP contribution in [0.15, 0.2) is 57.9 Å². The van der Waals surface area contributed by atoms with Crippen LogP contribution >= 0.6 is 15.9 Å². The molecule has 1 aromatic heterocycles. The fraction of sp³-hybridized carbons (Fsp3) is 0.222. The van der Waals surface area contributed by atoms with Crippen molar-refractivity contribution in [3.05, 3.63) is 58.7 Å². The van der Waals surface area contributed by atoms with Crippen LogP contribution in [0.1, 0.15) is 19.0 Å². The van der Waals surface area contributed by atoms with Gasteiger partial charge in [-0.05, 0) is 52.7 Å². The maximum atomic E-state index is 13.2. The highest BCUT2D eigenvalue weighted by Crippen LogP contribution is 2.39. The van der Waals surface area contributed by atoms with E-state index in [0.29, 0.717) is 18.5 Å². The molecule has 0 unspecified atom stereocenters. The SMILES string of the molecule is CCCc1cc2c(Br)c(OS(=O)(=O)C(F)(F)F)ccc2n1S(=O)(=O)c1ccccc1. The minimum atomic E-state index is -5.88. The molecule has 0 saturated carbocycles. The zero-order valence-corrected chi connectivity index (χ0v) is 18.6. The monoisotopic (exact) mass is 525 g/mol. The molecule has 6 nitrogen and oxygen atoms in total. The summed E-state index contributed by atoms with van der Waals surface area (Å²) in [5.41, 5.74) is -5.03. The molecule has 0 radical (unpaired) electrons. The van der Waals surface area contributed by atoms with E-state index in [-0.39, 0.29) is 20.3 Å².